The smallest absolute Gasteiger partial charge is 0.153 e. The Bertz CT molecular complexity index is 1280. The Morgan fingerprint density at radius 1 is 0.821 bits per heavy atom. The molecule has 0 saturated heterocycles. The van der Waals surface area contributed by atoms with E-state index in [0.29, 0.717) is 22.0 Å². The molecule has 0 bridgehead atoms. The number of pyridine rings is 1. The maximum atomic E-state index is 14.5. The second kappa shape index (κ2) is 7.27. The lowest BCUT2D eigenvalue weighted by atomic mass is 9.99. The fourth-order valence-electron chi connectivity index (χ4n) is 3.33. The summed E-state index contributed by atoms with van der Waals surface area (Å²) >= 11 is 6.19. The molecule has 5 aromatic rings. The van der Waals surface area contributed by atoms with Crippen LogP contribution in [-0.4, -0.2) is 4.98 Å². The van der Waals surface area contributed by atoms with Gasteiger partial charge in [-0.05, 0) is 48.0 Å². The predicted molar refractivity (Wildman–Crippen MR) is 115 cm³/mol. The maximum absolute atomic E-state index is 14.5. The molecule has 0 aliphatic carbocycles. The first-order valence-corrected chi connectivity index (χ1v) is 8.91. The number of rotatable bonds is 2. The average molecular weight is 410 g/mol. The molecule has 138 valence electrons. The molecule has 2 heterocycles. The zero-order chi connectivity index (χ0) is 18.4. The molecule has 0 radical (unpaired) electrons. The summed E-state index contributed by atoms with van der Waals surface area (Å²) in [6, 6.07) is 23.7. The maximum Gasteiger partial charge on any atom is 0.153 e. The first-order chi connectivity index (χ1) is 13.2. The minimum Gasteiger partial charge on any atom is -0.454 e. The van der Waals surface area contributed by atoms with E-state index in [0.717, 1.165) is 27.4 Å². The van der Waals surface area contributed by atoms with Crippen molar-refractivity contribution in [2.24, 2.45) is 0 Å². The first kappa shape index (κ1) is 18.5. The summed E-state index contributed by atoms with van der Waals surface area (Å²) in [5.41, 5.74) is 3.41. The molecule has 3 aromatic carbocycles. The predicted octanol–water partition coefficient (Wildman–Crippen LogP) is 7.53. The molecule has 0 spiro atoms. The highest BCUT2D eigenvalue weighted by atomic mass is 35.5. The highest BCUT2D eigenvalue weighted by Gasteiger charge is 2.15. The van der Waals surface area contributed by atoms with E-state index in [-0.39, 0.29) is 18.2 Å². The van der Waals surface area contributed by atoms with Gasteiger partial charge in [0.2, 0.25) is 0 Å². The van der Waals surface area contributed by atoms with Crippen molar-refractivity contribution in [3.8, 4) is 22.6 Å². The monoisotopic (exact) mass is 409 g/mol. The van der Waals surface area contributed by atoms with Gasteiger partial charge in [-0.25, -0.2) is 9.37 Å². The Balaban J connectivity index is 0.00000192. The SMILES string of the molecule is Cl.Fc1ccccc1-c1cc(-c2cc3ccccc3o2)nc2ccc(Cl)cc12. The van der Waals surface area contributed by atoms with Crippen molar-refractivity contribution in [2.45, 2.75) is 0 Å². The number of nitrogens with zero attached hydrogens (tertiary/aromatic N) is 1. The molecule has 5 heteroatoms. The summed E-state index contributed by atoms with van der Waals surface area (Å²) in [6.07, 6.45) is 0. The van der Waals surface area contributed by atoms with Crippen LogP contribution in [0.5, 0.6) is 0 Å². The number of benzene rings is 3. The molecule has 2 aromatic heterocycles. The van der Waals surface area contributed by atoms with Crippen molar-refractivity contribution in [2.75, 3.05) is 0 Å². The third kappa shape index (κ3) is 3.13. The van der Waals surface area contributed by atoms with Gasteiger partial charge in [0.15, 0.2) is 5.76 Å². The molecule has 0 aliphatic heterocycles. The minimum atomic E-state index is -0.291. The fourth-order valence-corrected chi connectivity index (χ4v) is 3.51. The summed E-state index contributed by atoms with van der Waals surface area (Å²) in [5, 5.41) is 2.38. The molecule has 28 heavy (non-hydrogen) atoms. The van der Waals surface area contributed by atoms with E-state index in [1.54, 1.807) is 18.2 Å². The van der Waals surface area contributed by atoms with Gasteiger partial charge in [-0.2, -0.15) is 0 Å². The number of hydrogen-bond donors (Lipinski definition) is 0. The number of furan rings is 1. The second-order valence-electron chi connectivity index (χ2n) is 6.34. The summed E-state index contributed by atoms with van der Waals surface area (Å²) < 4.78 is 20.5. The van der Waals surface area contributed by atoms with Crippen LogP contribution in [0.25, 0.3) is 44.5 Å². The third-order valence-corrected chi connectivity index (χ3v) is 4.85. The van der Waals surface area contributed by atoms with Crippen LogP contribution >= 0.6 is 24.0 Å². The second-order valence-corrected chi connectivity index (χ2v) is 6.78. The van der Waals surface area contributed by atoms with Gasteiger partial charge in [-0.1, -0.05) is 48.0 Å². The first-order valence-electron chi connectivity index (χ1n) is 8.53. The average Bonchev–Trinajstić information content (AvgIpc) is 3.12. The van der Waals surface area contributed by atoms with Gasteiger partial charge in [0.05, 0.1) is 5.52 Å². The van der Waals surface area contributed by atoms with Gasteiger partial charge in [-0.15, -0.1) is 12.4 Å². The van der Waals surface area contributed by atoms with E-state index < -0.39 is 0 Å². The van der Waals surface area contributed by atoms with E-state index in [2.05, 4.69) is 0 Å². The van der Waals surface area contributed by atoms with Crippen LogP contribution < -0.4 is 0 Å². The highest BCUT2D eigenvalue weighted by Crippen LogP contribution is 2.36. The van der Waals surface area contributed by atoms with E-state index in [1.165, 1.54) is 6.07 Å². The topological polar surface area (TPSA) is 26.0 Å². The molecule has 0 N–H and O–H groups in total. The van der Waals surface area contributed by atoms with Gasteiger partial charge in [0, 0.05) is 21.4 Å². The number of fused-ring (bicyclic) bond motifs is 2. The van der Waals surface area contributed by atoms with Crippen LogP contribution in [0.1, 0.15) is 0 Å². The minimum absolute atomic E-state index is 0. The molecular weight excluding hydrogens is 396 g/mol. The van der Waals surface area contributed by atoms with Crippen LogP contribution in [0.15, 0.2) is 83.3 Å². The molecule has 5 rings (SSSR count). The zero-order valence-electron chi connectivity index (χ0n) is 14.5. The van der Waals surface area contributed by atoms with Crippen LogP contribution in [-0.2, 0) is 0 Å². The Hall–Kier alpha value is -2.88. The van der Waals surface area contributed by atoms with Gasteiger partial charge in [0.25, 0.3) is 0 Å². The lowest BCUT2D eigenvalue weighted by Crippen LogP contribution is -1.91. The Kier molecular flexibility index (Phi) is 4.80. The highest BCUT2D eigenvalue weighted by molar-refractivity contribution is 6.31. The van der Waals surface area contributed by atoms with Crippen LogP contribution in [0.4, 0.5) is 4.39 Å². The largest absolute Gasteiger partial charge is 0.454 e. The molecule has 0 amide bonds. The fraction of sp³-hybridized carbons (Fsp3) is 0. The quantitative estimate of drug-likeness (QED) is 0.301. The van der Waals surface area contributed by atoms with Crippen molar-refractivity contribution in [3.63, 3.8) is 0 Å². The van der Waals surface area contributed by atoms with Gasteiger partial charge in [0.1, 0.15) is 17.1 Å². The molecule has 0 saturated carbocycles. The Morgan fingerprint density at radius 2 is 1.61 bits per heavy atom. The summed E-state index contributed by atoms with van der Waals surface area (Å²) in [5.74, 6) is 0.353. The van der Waals surface area contributed by atoms with E-state index in [4.69, 9.17) is 21.0 Å². The molecule has 0 aliphatic rings. The molecule has 0 atom stereocenters. The number of aromatic nitrogens is 1. The van der Waals surface area contributed by atoms with Crippen LogP contribution in [0.3, 0.4) is 0 Å². The van der Waals surface area contributed by atoms with Crippen molar-refractivity contribution >= 4 is 45.9 Å². The van der Waals surface area contributed by atoms with Crippen molar-refractivity contribution in [3.05, 3.63) is 89.7 Å². The zero-order valence-corrected chi connectivity index (χ0v) is 16.1. The lowest BCUT2D eigenvalue weighted by molar-refractivity contribution is 0.628. The van der Waals surface area contributed by atoms with Gasteiger partial charge in [-0.3, -0.25) is 0 Å². The van der Waals surface area contributed by atoms with Crippen molar-refractivity contribution < 1.29 is 8.81 Å². The van der Waals surface area contributed by atoms with E-state index >= 15 is 0 Å². The van der Waals surface area contributed by atoms with Gasteiger partial charge < -0.3 is 4.42 Å². The van der Waals surface area contributed by atoms with Crippen molar-refractivity contribution in [1.82, 2.24) is 4.98 Å². The number of para-hydroxylation sites is 1. The van der Waals surface area contributed by atoms with Crippen molar-refractivity contribution in [1.29, 1.82) is 0 Å². The van der Waals surface area contributed by atoms with E-state index in [1.807, 2.05) is 54.6 Å². The standard InChI is InChI=1S/C23H13ClFNO.ClH/c24-15-9-10-20-18(12-15)17(16-6-2-3-7-19(16)25)13-21(26-20)23-11-14-5-1-4-8-22(14)27-23;/h1-13H;1H. The lowest BCUT2D eigenvalue weighted by Gasteiger charge is -2.10. The normalized spacial score (nSPS) is 10.9. The number of hydrogen-bond acceptors (Lipinski definition) is 2. The molecule has 2 nitrogen and oxygen atoms in total. The van der Waals surface area contributed by atoms with Crippen LogP contribution in [0.2, 0.25) is 5.02 Å². The summed E-state index contributed by atoms with van der Waals surface area (Å²) in [4.78, 5) is 4.72. The molecule has 0 fully saturated rings. The Labute approximate surface area is 172 Å². The Morgan fingerprint density at radius 3 is 2.43 bits per heavy atom. The van der Waals surface area contributed by atoms with Crippen LogP contribution in [0, 0.1) is 5.82 Å². The summed E-state index contributed by atoms with van der Waals surface area (Å²) in [6.45, 7) is 0. The summed E-state index contributed by atoms with van der Waals surface area (Å²) in [7, 11) is 0. The number of halogens is 3. The van der Waals surface area contributed by atoms with Gasteiger partial charge >= 0.3 is 0 Å². The third-order valence-electron chi connectivity index (χ3n) is 4.61. The van der Waals surface area contributed by atoms with E-state index in [9.17, 15) is 4.39 Å². The molecular formula is C23H14Cl2FNO. The molecule has 0 unspecified atom stereocenters.